The van der Waals surface area contributed by atoms with E-state index in [-0.39, 0.29) is 5.41 Å². The Morgan fingerprint density at radius 3 is 2.58 bits per heavy atom. The molecule has 0 aliphatic heterocycles. The molecule has 1 heterocycles. The largest absolute Gasteiger partial charge is 0.368 e. The van der Waals surface area contributed by atoms with Crippen LogP contribution < -0.4 is 5.32 Å². The fourth-order valence-corrected chi connectivity index (χ4v) is 1.93. The molecule has 19 heavy (non-hydrogen) atoms. The lowest BCUT2D eigenvalue weighted by Gasteiger charge is -2.26. The molecular formula is C16H17N3. The average molecular weight is 251 g/mol. The van der Waals surface area contributed by atoms with Crippen LogP contribution in [0.4, 0.5) is 5.82 Å². The molecule has 1 N–H and O–H groups in total. The van der Waals surface area contributed by atoms with Crippen molar-refractivity contribution in [2.24, 2.45) is 0 Å². The zero-order valence-electron chi connectivity index (χ0n) is 11.2. The molecule has 3 heteroatoms. The van der Waals surface area contributed by atoms with Crippen molar-refractivity contribution in [2.75, 3.05) is 11.9 Å². The monoisotopic (exact) mass is 251 g/mol. The van der Waals surface area contributed by atoms with Crippen molar-refractivity contribution in [1.82, 2.24) is 4.98 Å². The second kappa shape index (κ2) is 5.53. The Bertz CT molecular complexity index is 582. The molecule has 0 saturated carbocycles. The molecule has 0 saturated heterocycles. The van der Waals surface area contributed by atoms with Gasteiger partial charge in [0.1, 0.15) is 11.9 Å². The van der Waals surface area contributed by atoms with Crippen molar-refractivity contribution >= 4 is 5.82 Å². The molecule has 0 amide bonds. The highest BCUT2D eigenvalue weighted by atomic mass is 15.0. The molecule has 1 aromatic heterocycles. The lowest BCUT2D eigenvalue weighted by molar-refractivity contribution is 0.556. The molecule has 2 rings (SSSR count). The van der Waals surface area contributed by atoms with Gasteiger partial charge in [0, 0.05) is 18.2 Å². The van der Waals surface area contributed by atoms with E-state index in [1.54, 1.807) is 18.3 Å². The van der Waals surface area contributed by atoms with E-state index in [0.29, 0.717) is 11.4 Å². The fourth-order valence-electron chi connectivity index (χ4n) is 1.93. The predicted molar refractivity (Wildman–Crippen MR) is 76.9 cm³/mol. The van der Waals surface area contributed by atoms with Gasteiger partial charge in [-0.25, -0.2) is 4.98 Å². The molecule has 0 spiro atoms. The first-order valence-corrected chi connectivity index (χ1v) is 6.28. The first-order valence-electron chi connectivity index (χ1n) is 6.28. The van der Waals surface area contributed by atoms with Crippen LogP contribution in [0.25, 0.3) is 0 Å². The van der Waals surface area contributed by atoms with Crippen LogP contribution in [0.3, 0.4) is 0 Å². The van der Waals surface area contributed by atoms with Gasteiger partial charge in [-0.15, -0.1) is 0 Å². The van der Waals surface area contributed by atoms with E-state index >= 15 is 0 Å². The van der Waals surface area contributed by atoms with Gasteiger partial charge in [-0.3, -0.25) is 0 Å². The highest BCUT2D eigenvalue weighted by Crippen LogP contribution is 2.23. The molecule has 0 atom stereocenters. The van der Waals surface area contributed by atoms with Gasteiger partial charge in [-0.05, 0) is 17.7 Å². The van der Waals surface area contributed by atoms with Gasteiger partial charge in [-0.2, -0.15) is 5.26 Å². The van der Waals surface area contributed by atoms with E-state index < -0.39 is 0 Å². The zero-order valence-corrected chi connectivity index (χ0v) is 11.2. The second-order valence-electron chi connectivity index (χ2n) is 5.11. The Labute approximate surface area is 113 Å². The van der Waals surface area contributed by atoms with E-state index in [2.05, 4.69) is 42.4 Å². The van der Waals surface area contributed by atoms with E-state index in [0.717, 1.165) is 6.54 Å². The highest BCUT2D eigenvalue weighted by molar-refractivity contribution is 5.51. The molecule has 0 fully saturated rings. The van der Waals surface area contributed by atoms with E-state index in [4.69, 9.17) is 5.26 Å². The summed E-state index contributed by atoms with van der Waals surface area (Å²) in [6, 6.07) is 16.0. The van der Waals surface area contributed by atoms with E-state index in [1.165, 1.54) is 5.56 Å². The van der Waals surface area contributed by atoms with Crippen molar-refractivity contribution in [2.45, 2.75) is 19.3 Å². The van der Waals surface area contributed by atoms with Crippen molar-refractivity contribution in [1.29, 1.82) is 5.26 Å². The lowest BCUT2D eigenvalue weighted by atomic mass is 9.84. The summed E-state index contributed by atoms with van der Waals surface area (Å²) in [5, 5.41) is 12.3. The first-order chi connectivity index (χ1) is 9.13. The number of hydrogen-bond donors (Lipinski definition) is 1. The third kappa shape index (κ3) is 3.11. The van der Waals surface area contributed by atoms with E-state index in [1.807, 2.05) is 18.2 Å². The number of rotatable bonds is 4. The molecule has 3 nitrogen and oxygen atoms in total. The van der Waals surface area contributed by atoms with Gasteiger partial charge in [0.2, 0.25) is 0 Å². The summed E-state index contributed by atoms with van der Waals surface area (Å²) >= 11 is 0. The maximum Gasteiger partial charge on any atom is 0.143 e. The number of benzene rings is 1. The lowest BCUT2D eigenvalue weighted by Crippen LogP contribution is -2.28. The zero-order chi connectivity index (χ0) is 13.7. The minimum Gasteiger partial charge on any atom is -0.368 e. The van der Waals surface area contributed by atoms with Gasteiger partial charge in [0.05, 0.1) is 5.56 Å². The molecule has 1 aromatic carbocycles. The Hall–Kier alpha value is -2.34. The molecule has 0 aliphatic rings. The van der Waals surface area contributed by atoms with Gasteiger partial charge < -0.3 is 5.32 Å². The summed E-state index contributed by atoms with van der Waals surface area (Å²) in [6.07, 6.45) is 1.69. The van der Waals surface area contributed by atoms with E-state index in [9.17, 15) is 0 Å². The van der Waals surface area contributed by atoms with Crippen molar-refractivity contribution < 1.29 is 0 Å². The van der Waals surface area contributed by atoms with Crippen LogP contribution in [0.1, 0.15) is 25.0 Å². The number of hydrogen-bond acceptors (Lipinski definition) is 3. The normalized spacial score (nSPS) is 10.8. The molecular weight excluding hydrogens is 234 g/mol. The topological polar surface area (TPSA) is 48.7 Å². The Kier molecular flexibility index (Phi) is 3.82. The van der Waals surface area contributed by atoms with Gasteiger partial charge >= 0.3 is 0 Å². The molecule has 0 aliphatic carbocycles. The summed E-state index contributed by atoms with van der Waals surface area (Å²) in [5.41, 5.74) is 1.81. The van der Waals surface area contributed by atoms with Gasteiger partial charge in [0.25, 0.3) is 0 Å². The third-order valence-electron chi connectivity index (χ3n) is 3.18. The Balaban J connectivity index is 2.12. The summed E-state index contributed by atoms with van der Waals surface area (Å²) in [5.74, 6) is 0.647. The molecule has 0 unspecified atom stereocenters. The maximum atomic E-state index is 9.03. The van der Waals surface area contributed by atoms with Crippen LogP contribution in [0.2, 0.25) is 0 Å². The van der Waals surface area contributed by atoms with Crippen LogP contribution in [-0.4, -0.2) is 11.5 Å². The van der Waals surface area contributed by atoms with Crippen LogP contribution in [0.5, 0.6) is 0 Å². The Morgan fingerprint density at radius 1 is 1.16 bits per heavy atom. The minimum absolute atomic E-state index is 0.0223. The van der Waals surface area contributed by atoms with Crippen molar-refractivity contribution in [3.8, 4) is 6.07 Å². The number of nitrogens with zero attached hydrogens (tertiary/aromatic N) is 2. The van der Waals surface area contributed by atoms with Crippen LogP contribution >= 0.6 is 0 Å². The number of nitriles is 1. The molecule has 0 radical (unpaired) electrons. The quantitative estimate of drug-likeness (QED) is 0.906. The number of nitrogens with one attached hydrogen (secondary N) is 1. The number of anilines is 1. The highest BCUT2D eigenvalue weighted by Gasteiger charge is 2.20. The van der Waals surface area contributed by atoms with Crippen LogP contribution in [-0.2, 0) is 5.41 Å². The summed E-state index contributed by atoms with van der Waals surface area (Å²) in [7, 11) is 0. The predicted octanol–water partition coefficient (Wildman–Crippen LogP) is 3.34. The number of pyridine rings is 1. The fraction of sp³-hybridized carbons (Fsp3) is 0.250. The summed E-state index contributed by atoms with van der Waals surface area (Å²) < 4.78 is 0. The smallest absolute Gasteiger partial charge is 0.143 e. The summed E-state index contributed by atoms with van der Waals surface area (Å²) in [6.45, 7) is 5.07. The van der Waals surface area contributed by atoms with Crippen LogP contribution in [0.15, 0.2) is 48.7 Å². The molecule has 2 aromatic rings. The standard InChI is InChI=1S/C16H17N3/c1-16(2,14-8-4-3-5-9-14)12-19-15-13(11-17)7-6-10-18-15/h3-10H,12H2,1-2H3,(H,18,19). The van der Waals surface area contributed by atoms with Gasteiger partial charge in [0.15, 0.2) is 0 Å². The molecule has 0 bridgehead atoms. The Morgan fingerprint density at radius 2 is 1.89 bits per heavy atom. The van der Waals surface area contributed by atoms with Crippen molar-refractivity contribution in [3.05, 3.63) is 59.8 Å². The average Bonchev–Trinajstić information content (AvgIpc) is 2.46. The maximum absolute atomic E-state index is 9.03. The third-order valence-corrected chi connectivity index (χ3v) is 3.18. The SMILES string of the molecule is CC(C)(CNc1ncccc1C#N)c1ccccc1. The van der Waals surface area contributed by atoms with Crippen LogP contribution in [0, 0.1) is 11.3 Å². The van der Waals surface area contributed by atoms with Crippen molar-refractivity contribution in [3.63, 3.8) is 0 Å². The number of aromatic nitrogens is 1. The first kappa shape index (κ1) is 13.1. The summed E-state index contributed by atoms with van der Waals surface area (Å²) in [4.78, 5) is 4.21. The van der Waals surface area contributed by atoms with Gasteiger partial charge in [-0.1, -0.05) is 44.2 Å². The molecule has 96 valence electrons. The second-order valence-corrected chi connectivity index (χ2v) is 5.11. The minimum atomic E-state index is -0.0223.